The Morgan fingerprint density at radius 3 is 2.21 bits per heavy atom. The molecule has 0 aromatic heterocycles. The van der Waals surface area contributed by atoms with Crippen molar-refractivity contribution in [2.45, 2.75) is 67.8 Å². The number of likely N-dealkylation sites (tertiary alicyclic amines) is 2. The number of carbonyl (C=O) groups excluding carboxylic acids is 2. The van der Waals surface area contributed by atoms with Crippen molar-refractivity contribution in [2.24, 2.45) is 11.8 Å². The predicted molar refractivity (Wildman–Crippen MR) is 163 cm³/mol. The molecular formula is C33H44N4O4S. The van der Waals surface area contributed by atoms with Gasteiger partial charge in [-0.2, -0.15) is 0 Å². The number of nitrogens with zero attached hydrogens (tertiary/aromatic N) is 3. The number of piperidine rings is 1. The zero-order valence-corrected chi connectivity index (χ0v) is 25.5. The average molecular weight is 593 g/mol. The van der Waals surface area contributed by atoms with E-state index in [-0.39, 0.29) is 23.4 Å². The molecule has 0 bridgehead atoms. The van der Waals surface area contributed by atoms with Crippen molar-refractivity contribution in [3.8, 4) is 0 Å². The summed E-state index contributed by atoms with van der Waals surface area (Å²) in [5.74, 6) is 1.73. The third-order valence-electron chi connectivity index (χ3n) is 10.1. The van der Waals surface area contributed by atoms with Crippen LogP contribution in [0.5, 0.6) is 0 Å². The van der Waals surface area contributed by atoms with Gasteiger partial charge in [0.2, 0.25) is 0 Å². The lowest BCUT2D eigenvalue weighted by Gasteiger charge is -2.39. The second-order valence-electron chi connectivity index (χ2n) is 13.1. The third kappa shape index (κ3) is 6.29. The van der Waals surface area contributed by atoms with Crippen molar-refractivity contribution in [3.63, 3.8) is 0 Å². The van der Waals surface area contributed by atoms with E-state index in [4.69, 9.17) is 0 Å². The summed E-state index contributed by atoms with van der Waals surface area (Å²) in [6.45, 7) is 6.17. The Bertz CT molecular complexity index is 1370. The summed E-state index contributed by atoms with van der Waals surface area (Å²) in [7, 11) is -3.30. The molecular weight excluding hydrogens is 548 g/mol. The van der Waals surface area contributed by atoms with E-state index in [1.807, 2.05) is 0 Å². The summed E-state index contributed by atoms with van der Waals surface area (Å²) in [4.78, 5) is 33.2. The lowest BCUT2D eigenvalue weighted by atomic mass is 9.85. The molecule has 4 aliphatic rings. The molecule has 1 spiro atoms. The Labute approximate surface area is 250 Å². The number of hydrogen-bond acceptors (Lipinski definition) is 6. The number of urea groups is 1. The van der Waals surface area contributed by atoms with Crippen molar-refractivity contribution in [1.82, 2.24) is 20.0 Å². The Balaban J connectivity index is 1.07. The number of nitrogens with one attached hydrogen (secondary N) is 1. The first-order chi connectivity index (χ1) is 20.2. The molecule has 6 rings (SSSR count). The van der Waals surface area contributed by atoms with Crippen molar-refractivity contribution in [1.29, 1.82) is 0 Å². The molecule has 2 unspecified atom stereocenters. The maximum atomic E-state index is 13.6. The molecule has 3 aliphatic heterocycles. The number of carbonyl (C=O) groups is 2. The lowest BCUT2D eigenvalue weighted by molar-refractivity contribution is -0.133. The van der Waals surface area contributed by atoms with E-state index in [1.54, 1.807) is 12.1 Å². The van der Waals surface area contributed by atoms with Gasteiger partial charge in [0, 0.05) is 51.4 Å². The fourth-order valence-corrected chi connectivity index (χ4v) is 8.37. The van der Waals surface area contributed by atoms with Crippen LogP contribution in [0.1, 0.15) is 62.0 Å². The smallest absolute Gasteiger partial charge is 0.323 e. The summed E-state index contributed by atoms with van der Waals surface area (Å²) < 4.78 is 23.6. The number of sulfone groups is 1. The van der Waals surface area contributed by atoms with Gasteiger partial charge >= 0.3 is 6.03 Å². The molecule has 8 nitrogen and oxygen atoms in total. The topological polar surface area (TPSA) is 90.0 Å². The average Bonchev–Trinajstić information content (AvgIpc) is 3.48. The maximum absolute atomic E-state index is 13.6. The first kappa shape index (κ1) is 29.3. The Morgan fingerprint density at radius 2 is 1.55 bits per heavy atom. The van der Waals surface area contributed by atoms with Crippen LogP contribution in [0.15, 0.2) is 59.5 Å². The Morgan fingerprint density at radius 1 is 0.857 bits per heavy atom. The monoisotopic (exact) mass is 592 g/mol. The summed E-state index contributed by atoms with van der Waals surface area (Å²) in [6.07, 6.45) is 9.26. The summed E-state index contributed by atoms with van der Waals surface area (Å²) in [6, 6.07) is 17.0. The largest absolute Gasteiger partial charge is 0.325 e. The van der Waals surface area contributed by atoms with E-state index in [0.717, 1.165) is 50.5 Å². The molecule has 1 saturated carbocycles. The minimum Gasteiger partial charge on any atom is -0.323 e. The molecule has 1 N–H and O–H groups in total. The van der Waals surface area contributed by atoms with Crippen LogP contribution in [0.4, 0.5) is 4.79 Å². The normalized spacial score (nSPS) is 25.8. The quantitative estimate of drug-likeness (QED) is 0.461. The number of imide groups is 1. The van der Waals surface area contributed by atoms with Crippen LogP contribution in [-0.2, 0) is 21.2 Å². The molecule has 1 aliphatic carbocycles. The van der Waals surface area contributed by atoms with Gasteiger partial charge in [0.05, 0.1) is 11.4 Å². The van der Waals surface area contributed by atoms with Gasteiger partial charge in [0.15, 0.2) is 9.84 Å². The minimum atomic E-state index is -3.30. The molecule has 3 heterocycles. The minimum absolute atomic E-state index is 0.137. The molecule has 2 aromatic rings. The number of amides is 3. The van der Waals surface area contributed by atoms with Crippen molar-refractivity contribution in [3.05, 3.63) is 65.7 Å². The van der Waals surface area contributed by atoms with Gasteiger partial charge in [0.25, 0.3) is 5.91 Å². The van der Waals surface area contributed by atoms with Gasteiger partial charge in [-0.05, 0) is 60.8 Å². The van der Waals surface area contributed by atoms with Crippen molar-refractivity contribution in [2.75, 3.05) is 45.5 Å². The van der Waals surface area contributed by atoms with Gasteiger partial charge in [-0.3, -0.25) is 9.69 Å². The SMILES string of the molecule is CS(=O)(=O)c1ccc(CN2C(=O)NC3(CCN(CC4CN(CC5CCCCC5)CC4c4ccccc4)CC3)C2=O)cc1. The van der Waals surface area contributed by atoms with Crippen LogP contribution in [0.25, 0.3) is 0 Å². The van der Waals surface area contributed by atoms with Crippen LogP contribution in [0.2, 0.25) is 0 Å². The predicted octanol–water partition coefficient (Wildman–Crippen LogP) is 4.27. The number of benzene rings is 2. The zero-order valence-electron chi connectivity index (χ0n) is 24.7. The van der Waals surface area contributed by atoms with Crippen LogP contribution in [-0.4, -0.2) is 86.1 Å². The second-order valence-corrected chi connectivity index (χ2v) is 15.1. The van der Waals surface area contributed by atoms with E-state index in [0.29, 0.717) is 24.7 Å². The highest BCUT2D eigenvalue weighted by atomic mass is 32.2. The van der Waals surface area contributed by atoms with Crippen LogP contribution in [0, 0.1) is 11.8 Å². The first-order valence-corrected chi connectivity index (χ1v) is 17.5. The molecule has 2 atom stereocenters. The fourth-order valence-electron chi connectivity index (χ4n) is 7.74. The van der Waals surface area contributed by atoms with Crippen LogP contribution >= 0.6 is 0 Å². The molecule has 226 valence electrons. The number of rotatable bonds is 8. The molecule has 9 heteroatoms. The summed E-state index contributed by atoms with van der Waals surface area (Å²) >= 11 is 0. The maximum Gasteiger partial charge on any atom is 0.325 e. The highest BCUT2D eigenvalue weighted by molar-refractivity contribution is 7.90. The van der Waals surface area contributed by atoms with E-state index < -0.39 is 15.4 Å². The lowest BCUT2D eigenvalue weighted by Crippen LogP contribution is -2.55. The first-order valence-electron chi connectivity index (χ1n) is 15.6. The summed E-state index contributed by atoms with van der Waals surface area (Å²) in [5, 5.41) is 3.03. The van der Waals surface area contributed by atoms with Crippen LogP contribution in [0.3, 0.4) is 0 Å². The second kappa shape index (κ2) is 12.1. The van der Waals surface area contributed by atoms with Crippen molar-refractivity contribution >= 4 is 21.8 Å². The molecule has 3 amide bonds. The van der Waals surface area contributed by atoms with E-state index >= 15 is 0 Å². The van der Waals surface area contributed by atoms with Gasteiger partial charge in [-0.15, -0.1) is 0 Å². The third-order valence-corrected chi connectivity index (χ3v) is 11.3. The standard InChI is InChI=1S/C33H44N4O4S/c1-42(40,41)29-14-12-26(13-15-29)21-37-31(38)33(34-32(37)39)16-18-35(19-17-33)22-28-23-36(20-25-8-4-2-5-9-25)24-30(28)27-10-6-3-7-11-27/h3,6-7,10-15,25,28,30H,2,4-5,8-9,16-24H2,1H3,(H,34,39). The van der Waals surface area contributed by atoms with E-state index in [2.05, 4.69) is 45.4 Å². The van der Waals surface area contributed by atoms with E-state index in [1.165, 1.54) is 61.2 Å². The van der Waals surface area contributed by atoms with Gasteiger partial charge < -0.3 is 15.1 Å². The molecule has 0 radical (unpaired) electrons. The molecule has 4 fully saturated rings. The van der Waals surface area contributed by atoms with E-state index in [9.17, 15) is 18.0 Å². The molecule has 2 aromatic carbocycles. The molecule has 3 saturated heterocycles. The van der Waals surface area contributed by atoms with Gasteiger partial charge in [-0.1, -0.05) is 61.7 Å². The summed E-state index contributed by atoms with van der Waals surface area (Å²) in [5.41, 5.74) is 1.31. The Hall–Kier alpha value is -2.75. The van der Waals surface area contributed by atoms with Crippen molar-refractivity contribution < 1.29 is 18.0 Å². The highest BCUT2D eigenvalue weighted by Crippen LogP contribution is 2.37. The van der Waals surface area contributed by atoms with Gasteiger partial charge in [-0.25, -0.2) is 13.2 Å². The fraction of sp³-hybridized carbons (Fsp3) is 0.576. The Kier molecular flexibility index (Phi) is 8.44. The van der Waals surface area contributed by atoms with Crippen LogP contribution < -0.4 is 5.32 Å². The zero-order chi connectivity index (χ0) is 29.3. The highest BCUT2D eigenvalue weighted by Gasteiger charge is 2.52. The molecule has 42 heavy (non-hydrogen) atoms. The number of hydrogen-bond donors (Lipinski definition) is 1. The van der Waals surface area contributed by atoms with Gasteiger partial charge in [0.1, 0.15) is 5.54 Å².